The van der Waals surface area contributed by atoms with E-state index >= 15 is 0 Å². The number of hydrogen-bond acceptors (Lipinski definition) is 3. The van der Waals surface area contributed by atoms with Crippen LogP contribution in [0.15, 0.2) is 54.6 Å². The molecule has 1 heterocycles. The number of rotatable bonds is 8. The van der Waals surface area contributed by atoms with Crippen molar-refractivity contribution >= 4 is 11.6 Å². The van der Waals surface area contributed by atoms with Crippen LogP contribution in [0.3, 0.4) is 0 Å². The maximum atomic E-state index is 12.2. The summed E-state index contributed by atoms with van der Waals surface area (Å²) in [6.45, 7) is 5.22. The number of carbonyl (C=O) groups excluding carboxylic acids is 1. The Bertz CT molecular complexity index is 763. The first kappa shape index (κ1) is 20.4. The van der Waals surface area contributed by atoms with E-state index in [1.54, 1.807) is 0 Å². The molecule has 2 N–H and O–H groups in total. The van der Waals surface area contributed by atoms with Gasteiger partial charge in [-0.1, -0.05) is 37.3 Å². The van der Waals surface area contributed by atoms with Gasteiger partial charge < -0.3 is 10.4 Å². The van der Waals surface area contributed by atoms with Gasteiger partial charge >= 0.3 is 0 Å². The minimum atomic E-state index is -0.261. The first-order valence-corrected chi connectivity index (χ1v) is 10.2. The molecule has 2 atom stereocenters. The third-order valence-electron chi connectivity index (χ3n) is 5.55. The van der Waals surface area contributed by atoms with Crippen LogP contribution in [0.25, 0.3) is 0 Å². The summed E-state index contributed by atoms with van der Waals surface area (Å²) in [6, 6.07) is 18.3. The Morgan fingerprint density at radius 2 is 1.89 bits per heavy atom. The van der Waals surface area contributed by atoms with Gasteiger partial charge in [-0.25, -0.2) is 9.60 Å². The quantitative estimate of drug-likeness (QED) is 0.690. The molecule has 5 nitrogen and oxygen atoms in total. The van der Waals surface area contributed by atoms with Crippen LogP contribution in [0.4, 0.5) is 5.69 Å². The highest BCUT2D eigenvalue weighted by Crippen LogP contribution is 2.27. The lowest BCUT2D eigenvalue weighted by Crippen LogP contribution is -2.57. The Kier molecular flexibility index (Phi) is 6.70. The molecule has 1 aliphatic heterocycles. The van der Waals surface area contributed by atoms with Crippen molar-refractivity contribution in [1.29, 1.82) is 0 Å². The number of amides is 1. The van der Waals surface area contributed by atoms with Gasteiger partial charge in [0.05, 0.1) is 19.3 Å². The lowest BCUT2D eigenvalue weighted by molar-refractivity contribution is -0.907. The van der Waals surface area contributed by atoms with Gasteiger partial charge in [-0.05, 0) is 42.7 Å². The molecule has 2 aromatic carbocycles. The normalized spacial score (nSPS) is 21.5. The van der Waals surface area contributed by atoms with Crippen molar-refractivity contribution in [2.24, 2.45) is 0 Å². The number of likely N-dealkylation sites (N-methyl/N-ethyl adjacent to an activating group) is 1. The smallest absolute Gasteiger partial charge is 0.251 e. The number of nitrogens with one attached hydrogen (secondary N) is 1. The first-order chi connectivity index (χ1) is 13.5. The molecule has 0 radical (unpaired) electrons. The Balaban J connectivity index is 1.79. The average molecular weight is 383 g/mol. The molecule has 0 aromatic heterocycles. The zero-order valence-corrected chi connectivity index (χ0v) is 17.0. The summed E-state index contributed by atoms with van der Waals surface area (Å²) in [7, 11) is 2.18. The number of benzene rings is 2. The number of nitrogens with zero attached hydrogens (tertiary/aromatic N) is 2. The van der Waals surface area contributed by atoms with Crippen LogP contribution in [0, 0.1) is 0 Å². The fourth-order valence-corrected chi connectivity index (χ4v) is 3.94. The minimum absolute atomic E-state index is 0.0266. The zero-order chi connectivity index (χ0) is 20.0. The summed E-state index contributed by atoms with van der Waals surface area (Å²) in [5, 5.41) is 15.4. The molecule has 5 heteroatoms. The summed E-state index contributed by atoms with van der Waals surface area (Å²) >= 11 is 0. The van der Waals surface area contributed by atoms with Crippen molar-refractivity contribution < 1.29 is 14.5 Å². The number of hydrogen-bond donors (Lipinski definition) is 2. The van der Waals surface area contributed by atoms with Crippen molar-refractivity contribution in [3.05, 3.63) is 65.7 Å². The second-order valence-electron chi connectivity index (χ2n) is 7.85. The number of carbonyl (C=O) groups is 1. The zero-order valence-electron chi connectivity index (χ0n) is 17.0. The van der Waals surface area contributed by atoms with E-state index in [2.05, 4.69) is 41.6 Å². The van der Waals surface area contributed by atoms with Crippen molar-refractivity contribution in [2.45, 2.75) is 32.3 Å². The molecular weight excluding hydrogens is 350 g/mol. The Labute approximate surface area is 168 Å². The summed E-state index contributed by atoms with van der Waals surface area (Å²) in [4.78, 5) is 12.2. The predicted octanol–water partition coefficient (Wildman–Crippen LogP) is 3.00. The Morgan fingerprint density at radius 1 is 1.18 bits per heavy atom. The highest BCUT2D eigenvalue weighted by molar-refractivity contribution is 5.94. The SMILES string of the molecule is CCCNC(=O)c1ccc(N(CCc2ccccc2)[N+]2(C)CC[C@H](O)C2)cc1. The van der Waals surface area contributed by atoms with Gasteiger partial charge in [-0.2, -0.15) is 0 Å². The monoisotopic (exact) mass is 382 g/mol. The maximum absolute atomic E-state index is 12.2. The summed E-state index contributed by atoms with van der Waals surface area (Å²) in [5.74, 6) is -0.0266. The van der Waals surface area contributed by atoms with Crippen LogP contribution in [0.5, 0.6) is 0 Å². The second-order valence-corrected chi connectivity index (χ2v) is 7.85. The van der Waals surface area contributed by atoms with Crippen molar-refractivity contribution in [3.63, 3.8) is 0 Å². The average Bonchev–Trinajstić information content (AvgIpc) is 3.07. The van der Waals surface area contributed by atoms with Gasteiger partial charge in [0.25, 0.3) is 5.91 Å². The number of quaternary nitrogens is 1. The largest absolute Gasteiger partial charge is 0.387 e. The van der Waals surface area contributed by atoms with Crippen molar-refractivity contribution in [1.82, 2.24) is 5.32 Å². The molecule has 1 fully saturated rings. The third kappa shape index (κ3) is 4.91. The molecule has 28 heavy (non-hydrogen) atoms. The molecule has 150 valence electrons. The van der Waals surface area contributed by atoms with E-state index in [0.29, 0.717) is 23.2 Å². The standard InChI is InChI=1S/C23H31N3O2/c1-3-15-24-23(28)20-9-11-21(12-10-20)25(26(2)17-14-22(27)18-26)16-13-19-7-5-4-6-8-19/h4-12,22,27H,3,13-18H2,1-2H3/p+1/t22-,26?/m0/s1. The summed E-state index contributed by atoms with van der Waals surface area (Å²) in [5.41, 5.74) is 3.07. The molecule has 1 aliphatic rings. The van der Waals surface area contributed by atoms with Crippen LogP contribution in [-0.4, -0.2) is 54.9 Å². The van der Waals surface area contributed by atoms with Gasteiger partial charge in [0.1, 0.15) is 19.2 Å². The summed E-state index contributed by atoms with van der Waals surface area (Å²) in [6.07, 6.45) is 2.41. The number of aliphatic hydroxyl groups excluding tert-OH is 1. The number of likely N-dealkylation sites (tertiary alicyclic amines) is 1. The maximum Gasteiger partial charge on any atom is 0.251 e. The Hall–Kier alpha value is -2.37. The van der Waals surface area contributed by atoms with E-state index in [0.717, 1.165) is 38.0 Å². The predicted molar refractivity (Wildman–Crippen MR) is 113 cm³/mol. The number of aliphatic hydroxyl groups is 1. The highest BCUT2D eigenvalue weighted by Gasteiger charge is 2.39. The molecule has 0 spiro atoms. The fourth-order valence-electron chi connectivity index (χ4n) is 3.94. The molecule has 0 bridgehead atoms. The van der Waals surface area contributed by atoms with Gasteiger partial charge in [-0.3, -0.25) is 4.79 Å². The van der Waals surface area contributed by atoms with Crippen molar-refractivity contribution in [2.75, 3.05) is 38.2 Å². The topological polar surface area (TPSA) is 52.6 Å². The van der Waals surface area contributed by atoms with Gasteiger partial charge in [0.2, 0.25) is 0 Å². The van der Waals surface area contributed by atoms with E-state index in [9.17, 15) is 9.90 Å². The van der Waals surface area contributed by atoms with Crippen LogP contribution in [0.1, 0.15) is 35.7 Å². The molecular formula is C23H32N3O2+. The molecule has 1 saturated heterocycles. The summed E-state index contributed by atoms with van der Waals surface area (Å²) < 4.78 is 0.690. The van der Waals surface area contributed by atoms with Crippen LogP contribution in [-0.2, 0) is 6.42 Å². The molecule has 0 saturated carbocycles. The van der Waals surface area contributed by atoms with Gasteiger partial charge in [0.15, 0.2) is 0 Å². The molecule has 1 unspecified atom stereocenters. The molecule has 3 rings (SSSR count). The van der Waals surface area contributed by atoms with Crippen LogP contribution in [0.2, 0.25) is 0 Å². The highest BCUT2D eigenvalue weighted by atomic mass is 16.3. The lowest BCUT2D eigenvalue weighted by Gasteiger charge is -2.41. The third-order valence-corrected chi connectivity index (χ3v) is 5.55. The van der Waals surface area contributed by atoms with Crippen molar-refractivity contribution in [3.8, 4) is 0 Å². The lowest BCUT2D eigenvalue weighted by atomic mass is 10.1. The minimum Gasteiger partial charge on any atom is -0.387 e. The van der Waals surface area contributed by atoms with Gasteiger partial charge in [0, 0.05) is 18.5 Å². The van der Waals surface area contributed by atoms with E-state index < -0.39 is 0 Å². The first-order valence-electron chi connectivity index (χ1n) is 10.2. The Morgan fingerprint density at radius 3 is 2.50 bits per heavy atom. The molecule has 1 amide bonds. The second kappa shape index (κ2) is 9.22. The van der Waals surface area contributed by atoms with E-state index in [1.807, 2.05) is 37.3 Å². The fraction of sp³-hybridized carbons (Fsp3) is 0.435. The van der Waals surface area contributed by atoms with E-state index in [1.165, 1.54) is 5.56 Å². The van der Waals surface area contributed by atoms with E-state index in [-0.39, 0.29) is 12.0 Å². The molecule has 2 aromatic rings. The molecule has 0 aliphatic carbocycles. The van der Waals surface area contributed by atoms with Gasteiger partial charge in [-0.15, -0.1) is 0 Å². The van der Waals surface area contributed by atoms with E-state index in [4.69, 9.17) is 0 Å². The van der Waals surface area contributed by atoms with Crippen LogP contribution < -0.4 is 10.3 Å². The number of anilines is 1. The van der Waals surface area contributed by atoms with Crippen LogP contribution >= 0.6 is 0 Å².